The van der Waals surface area contributed by atoms with Gasteiger partial charge in [0, 0.05) is 0 Å². The van der Waals surface area contributed by atoms with Crippen LogP contribution in [0.25, 0.3) is 0 Å². The Kier molecular flexibility index (Phi) is 5.06. The van der Waals surface area contributed by atoms with Crippen LogP contribution in [0.3, 0.4) is 0 Å². The molecule has 4 heteroatoms. The molecule has 0 aromatic carbocycles. The maximum absolute atomic E-state index is 9.85. The average molecular weight is 182 g/mol. The van der Waals surface area contributed by atoms with Gasteiger partial charge in [0.2, 0.25) is 0 Å². The van der Waals surface area contributed by atoms with E-state index in [1.54, 1.807) is 0 Å². The number of rotatable bonds is 4. The van der Waals surface area contributed by atoms with Crippen LogP contribution in [-0.4, -0.2) is 32.6 Å². The van der Waals surface area contributed by atoms with Gasteiger partial charge in [-0.3, -0.25) is 0 Å². The van der Waals surface area contributed by atoms with Crippen molar-refractivity contribution in [3.8, 4) is 0 Å². The summed E-state index contributed by atoms with van der Waals surface area (Å²) in [7, 11) is 0. The molecule has 0 saturated carbocycles. The molecule has 8 heavy (non-hydrogen) atoms. The number of aliphatic carboxylic acids is 1. The van der Waals surface area contributed by atoms with E-state index >= 15 is 0 Å². The normalized spacial score (nSPS) is 9.12. The van der Waals surface area contributed by atoms with Gasteiger partial charge in [-0.2, -0.15) is 0 Å². The Morgan fingerprint density at radius 1 is 1.75 bits per heavy atom. The fraction of sp³-hybridized carbons (Fsp3) is 0.750. The summed E-state index contributed by atoms with van der Waals surface area (Å²) in [5, 5.41) is 9.30. The monoisotopic (exact) mass is 183 g/mol. The molecule has 3 nitrogen and oxygen atoms in total. The van der Waals surface area contributed by atoms with E-state index in [0.717, 1.165) is 5.32 Å². The first-order valence-electron chi connectivity index (χ1n) is 2.27. The summed E-state index contributed by atoms with van der Waals surface area (Å²) in [5.74, 6) is -0.710. The third-order valence-corrected chi connectivity index (χ3v) is 2.53. The van der Waals surface area contributed by atoms with Gasteiger partial charge in [-0.25, -0.2) is 0 Å². The van der Waals surface area contributed by atoms with Gasteiger partial charge in [-0.1, -0.05) is 0 Å². The van der Waals surface area contributed by atoms with E-state index in [1.165, 1.54) is 0 Å². The van der Waals surface area contributed by atoms with Gasteiger partial charge in [0.1, 0.15) is 0 Å². The first kappa shape index (κ1) is 7.95. The number of carboxylic acid groups (broad SMARTS) is 1. The Morgan fingerprint density at radius 3 is 2.75 bits per heavy atom. The van der Waals surface area contributed by atoms with E-state index in [4.69, 9.17) is 10.8 Å². The van der Waals surface area contributed by atoms with Crippen molar-refractivity contribution in [2.75, 3.05) is 6.54 Å². The number of carboxylic acids is 1. The van der Waals surface area contributed by atoms with Gasteiger partial charge in [0.15, 0.2) is 0 Å². The van der Waals surface area contributed by atoms with Crippen LogP contribution in [-0.2, 0) is 4.79 Å². The van der Waals surface area contributed by atoms with Crippen LogP contribution >= 0.6 is 0 Å². The zero-order valence-corrected chi connectivity index (χ0v) is 6.18. The van der Waals surface area contributed by atoms with E-state index in [-0.39, 0.29) is 15.0 Å². The molecule has 0 amide bonds. The van der Waals surface area contributed by atoms with E-state index in [0.29, 0.717) is 11.9 Å². The van der Waals surface area contributed by atoms with E-state index in [2.05, 4.69) is 0 Å². The fourth-order valence-corrected chi connectivity index (χ4v) is 1.26. The maximum atomic E-state index is 9.85. The molecule has 0 unspecified atom stereocenters. The quantitative estimate of drug-likeness (QED) is 0.458. The van der Waals surface area contributed by atoms with Gasteiger partial charge >= 0.3 is 53.7 Å². The molecule has 3 N–H and O–H groups in total. The van der Waals surface area contributed by atoms with Gasteiger partial charge in [0.25, 0.3) is 0 Å². The molecule has 0 aromatic rings. The fourth-order valence-electron chi connectivity index (χ4n) is 0.243. The van der Waals surface area contributed by atoms with Crippen molar-refractivity contribution >= 4 is 20.9 Å². The molecule has 0 bridgehead atoms. The van der Waals surface area contributed by atoms with Crippen molar-refractivity contribution in [3.05, 3.63) is 0 Å². The van der Waals surface area contributed by atoms with Crippen LogP contribution in [0.1, 0.15) is 0 Å². The first-order chi connectivity index (χ1) is 3.77. The summed E-state index contributed by atoms with van der Waals surface area (Å²) in [6.45, 7) is 0.618. The summed E-state index contributed by atoms with van der Waals surface area (Å²) in [4.78, 5) is 9.85. The molecule has 0 saturated heterocycles. The molecular formula is C4H9NO2Se. The van der Waals surface area contributed by atoms with Crippen molar-refractivity contribution in [1.29, 1.82) is 0 Å². The zero-order valence-electron chi connectivity index (χ0n) is 4.46. The van der Waals surface area contributed by atoms with E-state index in [9.17, 15) is 4.79 Å². The van der Waals surface area contributed by atoms with Crippen LogP contribution in [0.4, 0.5) is 0 Å². The van der Waals surface area contributed by atoms with Crippen molar-refractivity contribution in [1.82, 2.24) is 0 Å². The predicted octanol–water partition coefficient (Wildman–Crippen LogP) is -0.430. The molecule has 0 radical (unpaired) electrons. The number of carbonyl (C=O) groups is 1. The van der Waals surface area contributed by atoms with Crippen LogP contribution < -0.4 is 5.73 Å². The Morgan fingerprint density at radius 2 is 2.38 bits per heavy atom. The molecular weight excluding hydrogens is 173 g/mol. The third kappa shape index (κ3) is 5.95. The molecule has 0 atom stereocenters. The Hall–Kier alpha value is -0.0505. The predicted molar refractivity (Wildman–Crippen MR) is 32.1 cm³/mol. The minimum atomic E-state index is -0.710. The molecule has 0 spiro atoms. The second-order valence-corrected chi connectivity index (χ2v) is 3.55. The third-order valence-electron chi connectivity index (χ3n) is 0.488. The summed E-state index contributed by atoms with van der Waals surface area (Å²) >= 11 is 0.223. The summed E-state index contributed by atoms with van der Waals surface area (Å²) in [5.41, 5.74) is 5.14. The van der Waals surface area contributed by atoms with E-state index < -0.39 is 5.97 Å². The first-order valence-corrected chi connectivity index (χ1v) is 4.69. The van der Waals surface area contributed by atoms with Gasteiger partial charge in [0.05, 0.1) is 0 Å². The van der Waals surface area contributed by atoms with Gasteiger partial charge < -0.3 is 0 Å². The summed E-state index contributed by atoms with van der Waals surface area (Å²) < 4.78 is 0. The number of hydrogen-bond acceptors (Lipinski definition) is 2. The van der Waals surface area contributed by atoms with Gasteiger partial charge in [-0.05, 0) is 0 Å². The van der Waals surface area contributed by atoms with Gasteiger partial charge in [-0.15, -0.1) is 0 Å². The van der Waals surface area contributed by atoms with Crippen LogP contribution in [0.2, 0.25) is 10.6 Å². The van der Waals surface area contributed by atoms with Crippen LogP contribution in [0.5, 0.6) is 0 Å². The minimum absolute atomic E-state index is 0.223. The van der Waals surface area contributed by atoms with E-state index in [1.807, 2.05) is 0 Å². The molecule has 0 aliphatic rings. The summed E-state index contributed by atoms with van der Waals surface area (Å²) in [6, 6.07) is 0. The van der Waals surface area contributed by atoms with Crippen molar-refractivity contribution < 1.29 is 9.90 Å². The second kappa shape index (κ2) is 5.09. The van der Waals surface area contributed by atoms with Crippen molar-refractivity contribution in [2.45, 2.75) is 10.6 Å². The van der Waals surface area contributed by atoms with Crippen molar-refractivity contribution in [2.24, 2.45) is 5.73 Å². The Balaban J connectivity index is 2.82. The Bertz CT molecular complexity index is 76.4. The molecule has 0 aliphatic heterocycles. The second-order valence-electron chi connectivity index (χ2n) is 1.23. The standard InChI is InChI=1S/C4H9NO2Se/c5-1-2-8-3-4(6)7/h1-3,5H2,(H,6,7). The average Bonchev–Trinajstić information content (AvgIpc) is 1.66. The Labute approximate surface area is 54.4 Å². The number of nitrogens with two attached hydrogens (primary N) is 1. The topological polar surface area (TPSA) is 63.3 Å². The SMILES string of the molecule is NCC[Se]CC(=O)O. The van der Waals surface area contributed by atoms with Crippen LogP contribution in [0, 0.1) is 0 Å². The molecule has 0 fully saturated rings. The molecule has 0 heterocycles. The van der Waals surface area contributed by atoms with Crippen molar-refractivity contribution in [3.63, 3.8) is 0 Å². The molecule has 0 rings (SSSR count). The zero-order chi connectivity index (χ0) is 6.41. The number of hydrogen-bond donors (Lipinski definition) is 2. The molecule has 0 aromatic heterocycles. The molecule has 48 valence electrons. The van der Waals surface area contributed by atoms with Crippen LogP contribution in [0.15, 0.2) is 0 Å². The summed E-state index contributed by atoms with van der Waals surface area (Å²) in [6.07, 6.45) is 0. The molecule has 0 aliphatic carbocycles.